The lowest BCUT2D eigenvalue weighted by molar-refractivity contribution is -0.172. The van der Waals surface area contributed by atoms with Gasteiger partial charge in [0.1, 0.15) is 6.61 Å². The number of nitrogen functional groups attached to an aromatic ring is 1. The fourth-order valence-corrected chi connectivity index (χ4v) is 5.21. The van der Waals surface area contributed by atoms with Gasteiger partial charge >= 0.3 is 5.97 Å². The molecule has 0 bridgehead atoms. The van der Waals surface area contributed by atoms with Crippen LogP contribution in [0.3, 0.4) is 0 Å². The minimum Gasteiger partial charge on any atom is -0.458 e. The number of nitrogens with zero attached hydrogens (tertiary/aromatic N) is 2. The third kappa shape index (κ3) is 3.86. The van der Waals surface area contributed by atoms with Gasteiger partial charge in [0.15, 0.2) is 5.60 Å². The van der Waals surface area contributed by atoms with E-state index in [1.165, 1.54) is 25.7 Å². The molecule has 8 heteroatoms. The van der Waals surface area contributed by atoms with E-state index in [0.717, 1.165) is 35.1 Å². The summed E-state index contributed by atoms with van der Waals surface area (Å²) in [5.41, 5.74) is 9.25. The summed E-state index contributed by atoms with van der Waals surface area (Å²) < 4.78 is 6.80. The van der Waals surface area contributed by atoms with Crippen molar-refractivity contribution in [2.75, 3.05) is 17.6 Å². The number of nitrogens with one attached hydrogen (secondary N) is 1. The van der Waals surface area contributed by atoms with E-state index in [1.807, 2.05) is 18.2 Å². The van der Waals surface area contributed by atoms with Crippen molar-refractivity contribution in [2.45, 2.75) is 71.1 Å². The normalized spacial score (nSPS) is 18.2. The largest absolute Gasteiger partial charge is 0.458 e. The summed E-state index contributed by atoms with van der Waals surface area (Å²) in [6.45, 7) is 4.97. The Morgan fingerprint density at radius 3 is 2.71 bits per heavy atom. The van der Waals surface area contributed by atoms with E-state index < -0.39 is 11.6 Å². The Kier molecular flexibility index (Phi) is 6.01. The summed E-state index contributed by atoms with van der Waals surface area (Å²) in [5, 5.41) is 15.5. The van der Waals surface area contributed by atoms with E-state index in [1.54, 1.807) is 17.6 Å². The molecule has 5 rings (SSSR count). The standard InChI is InChI=1S/C27H32N4O4/c1-3-5-6-7-8-9-29-21-12-18(28)11-16-10-17-14-31-22(24(17)30-23(16)21)13-20-19(25(31)32)15-35-26(33)27(20,34)4-2/h10-13,29,34H,3-9,14-15,28H2,1-2H3/t27-/m0/s1. The van der Waals surface area contributed by atoms with E-state index in [2.05, 4.69) is 12.2 Å². The van der Waals surface area contributed by atoms with E-state index in [-0.39, 0.29) is 18.6 Å². The number of pyridine rings is 2. The number of hydrogen-bond acceptors (Lipinski definition) is 7. The number of carbonyl (C=O) groups is 1. The molecule has 35 heavy (non-hydrogen) atoms. The SMILES string of the molecule is CCCCCCCNc1cc(N)cc2cc3c(nc12)-c1cc2c(c(=O)n1C3)COC(=O)[C@]2(O)CC. The molecule has 0 saturated carbocycles. The first-order valence-electron chi connectivity index (χ1n) is 12.5. The molecule has 2 aromatic heterocycles. The summed E-state index contributed by atoms with van der Waals surface area (Å²) in [7, 11) is 0. The van der Waals surface area contributed by atoms with Crippen LogP contribution in [-0.2, 0) is 28.3 Å². The molecule has 1 aromatic carbocycles. The van der Waals surface area contributed by atoms with Crippen LogP contribution in [0.4, 0.5) is 11.4 Å². The highest BCUT2D eigenvalue weighted by Crippen LogP contribution is 2.39. The van der Waals surface area contributed by atoms with Gasteiger partial charge in [0.2, 0.25) is 0 Å². The summed E-state index contributed by atoms with van der Waals surface area (Å²) in [5.74, 6) is -0.720. The van der Waals surface area contributed by atoms with Gasteiger partial charge in [-0.25, -0.2) is 9.78 Å². The minimum absolute atomic E-state index is 0.116. The molecular formula is C27H32N4O4. The smallest absolute Gasteiger partial charge is 0.343 e. The Labute approximate surface area is 204 Å². The van der Waals surface area contributed by atoms with Gasteiger partial charge in [-0.2, -0.15) is 0 Å². The molecule has 0 unspecified atom stereocenters. The molecule has 2 aliphatic rings. The number of benzene rings is 1. The maximum Gasteiger partial charge on any atom is 0.343 e. The molecule has 1 atom stereocenters. The summed E-state index contributed by atoms with van der Waals surface area (Å²) in [6.07, 6.45) is 6.06. The number of aliphatic hydroxyl groups is 1. The van der Waals surface area contributed by atoms with E-state index in [0.29, 0.717) is 34.7 Å². The number of unbranched alkanes of at least 4 members (excludes halogenated alkanes) is 4. The van der Waals surface area contributed by atoms with Gasteiger partial charge in [-0.1, -0.05) is 39.5 Å². The third-order valence-electron chi connectivity index (χ3n) is 7.23. The minimum atomic E-state index is -1.83. The van der Waals surface area contributed by atoms with Crippen LogP contribution in [0.2, 0.25) is 0 Å². The topological polar surface area (TPSA) is 119 Å². The monoisotopic (exact) mass is 476 g/mol. The average Bonchev–Trinajstić information content (AvgIpc) is 3.20. The highest BCUT2D eigenvalue weighted by atomic mass is 16.6. The van der Waals surface area contributed by atoms with Crippen LogP contribution in [0, 0.1) is 0 Å². The summed E-state index contributed by atoms with van der Waals surface area (Å²) in [6, 6.07) is 7.56. The molecule has 2 aliphatic heterocycles. The van der Waals surface area contributed by atoms with Crippen LogP contribution in [0.5, 0.6) is 0 Å². The highest BCUT2D eigenvalue weighted by Gasteiger charge is 2.45. The van der Waals surface area contributed by atoms with Crippen molar-refractivity contribution in [3.05, 3.63) is 51.3 Å². The Morgan fingerprint density at radius 1 is 1.14 bits per heavy atom. The van der Waals surface area contributed by atoms with Crippen molar-refractivity contribution in [2.24, 2.45) is 0 Å². The Balaban J connectivity index is 1.56. The molecule has 4 heterocycles. The van der Waals surface area contributed by atoms with Crippen LogP contribution in [0.1, 0.15) is 69.1 Å². The molecule has 0 aliphatic carbocycles. The highest BCUT2D eigenvalue weighted by molar-refractivity contribution is 5.96. The van der Waals surface area contributed by atoms with Gasteiger partial charge in [0.25, 0.3) is 5.56 Å². The maximum atomic E-state index is 13.3. The van der Waals surface area contributed by atoms with Crippen molar-refractivity contribution in [1.82, 2.24) is 9.55 Å². The molecule has 4 N–H and O–H groups in total. The Bertz CT molecular complexity index is 1380. The number of ether oxygens (including phenoxy) is 1. The van der Waals surface area contributed by atoms with Gasteiger partial charge in [-0.3, -0.25) is 4.79 Å². The molecule has 0 fully saturated rings. The second kappa shape index (κ2) is 9.00. The number of cyclic esters (lactones) is 1. The van der Waals surface area contributed by atoms with E-state index >= 15 is 0 Å². The number of hydrogen-bond donors (Lipinski definition) is 3. The van der Waals surface area contributed by atoms with E-state index in [9.17, 15) is 14.7 Å². The van der Waals surface area contributed by atoms with E-state index in [4.69, 9.17) is 15.5 Å². The molecule has 0 spiro atoms. The number of carbonyl (C=O) groups excluding carboxylic acids is 1. The molecule has 0 saturated heterocycles. The first-order chi connectivity index (χ1) is 16.9. The molecule has 0 radical (unpaired) electrons. The molecule has 8 nitrogen and oxygen atoms in total. The average molecular weight is 477 g/mol. The second-order valence-corrected chi connectivity index (χ2v) is 9.58. The lowest BCUT2D eigenvalue weighted by atomic mass is 9.86. The fourth-order valence-electron chi connectivity index (χ4n) is 5.21. The number of esters is 1. The molecule has 184 valence electrons. The molecular weight excluding hydrogens is 444 g/mol. The van der Waals surface area contributed by atoms with Crippen LogP contribution in [-0.4, -0.2) is 27.2 Å². The van der Waals surface area contributed by atoms with Gasteiger partial charge in [0.05, 0.1) is 34.7 Å². The van der Waals surface area contributed by atoms with Crippen molar-refractivity contribution in [1.29, 1.82) is 0 Å². The quantitative estimate of drug-likeness (QED) is 0.199. The molecule has 0 amide bonds. The number of fused-ring (bicyclic) bond motifs is 5. The Hall–Kier alpha value is -3.39. The van der Waals surface area contributed by atoms with Crippen LogP contribution in [0.15, 0.2) is 29.1 Å². The first-order valence-corrected chi connectivity index (χ1v) is 12.5. The van der Waals surface area contributed by atoms with Crippen molar-refractivity contribution < 1.29 is 14.6 Å². The third-order valence-corrected chi connectivity index (χ3v) is 7.23. The zero-order valence-corrected chi connectivity index (χ0v) is 20.3. The number of nitrogens with two attached hydrogens (primary N) is 1. The van der Waals surface area contributed by atoms with Gasteiger partial charge in [0, 0.05) is 28.7 Å². The fraction of sp³-hybridized carbons (Fsp3) is 0.444. The van der Waals surface area contributed by atoms with Crippen molar-refractivity contribution in [3.63, 3.8) is 0 Å². The number of rotatable bonds is 8. The summed E-state index contributed by atoms with van der Waals surface area (Å²) in [4.78, 5) is 30.7. The summed E-state index contributed by atoms with van der Waals surface area (Å²) >= 11 is 0. The van der Waals surface area contributed by atoms with Crippen molar-refractivity contribution >= 4 is 28.2 Å². The van der Waals surface area contributed by atoms with Crippen molar-refractivity contribution in [3.8, 4) is 11.4 Å². The predicted octanol–water partition coefficient (Wildman–Crippen LogP) is 4.04. The van der Waals surface area contributed by atoms with Gasteiger partial charge < -0.3 is 25.5 Å². The van der Waals surface area contributed by atoms with Crippen LogP contribution < -0.4 is 16.6 Å². The Morgan fingerprint density at radius 2 is 1.94 bits per heavy atom. The second-order valence-electron chi connectivity index (χ2n) is 9.58. The van der Waals surface area contributed by atoms with Crippen LogP contribution >= 0.6 is 0 Å². The van der Waals surface area contributed by atoms with Gasteiger partial charge in [-0.05, 0) is 37.1 Å². The number of aromatic nitrogens is 2. The molecule has 3 aromatic rings. The maximum absolute atomic E-state index is 13.3. The zero-order valence-electron chi connectivity index (χ0n) is 20.3. The lowest BCUT2D eigenvalue weighted by Crippen LogP contribution is -2.44. The van der Waals surface area contributed by atoms with Crippen LogP contribution in [0.25, 0.3) is 22.3 Å². The lowest BCUT2D eigenvalue weighted by Gasteiger charge is -2.31. The van der Waals surface area contributed by atoms with Gasteiger partial charge in [-0.15, -0.1) is 0 Å². The predicted molar refractivity (Wildman–Crippen MR) is 136 cm³/mol. The zero-order chi connectivity index (χ0) is 24.7. The number of anilines is 2. The first kappa shape index (κ1) is 23.4.